The van der Waals surface area contributed by atoms with Gasteiger partial charge in [0.15, 0.2) is 5.96 Å². The van der Waals surface area contributed by atoms with E-state index in [4.69, 9.17) is 4.42 Å². The summed E-state index contributed by atoms with van der Waals surface area (Å²) < 4.78 is 5.60. The highest BCUT2D eigenvalue weighted by Crippen LogP contribution is 2.19. The molecule has 8 heteroatoms. The van der Waals surface area contributed by atoms with Gasteiger partial charge in [-0.3, -0.25) is 9.79 Å². The zero-order valence-electron chi connectivity index (χ0n) is 18.6. The third-order valence-electron chi connectivity index (χ3n) is 4.66. The molecule has 0 radical (unpaired) electrons. The smallest absolute Gasteiger partial charge is 0.226 e. The fraction of sp³-hybridized carbons (Fsp3) is 0.292. The van der Waals surface area contributed by atoms with Crippen molar-refractivity contribution in [3.8, 4) is 11.5 Å². The van der Waals surface area contributed by atoms with Crippen LogP contribution in [0.5, 0.6) is 0 Å². The minimum Gasteiger partial charge on any atom is -0.444 e. The summed E-state index contributed by atoms with van der Waals surface area (Å²) in [6, 6.07) is 15.8. The average molecular weight is 547 g/mol. The molecule has 0 saturated carbocycles. The molecule has 0 spiro atoms. The summed E-state index contributed by atoms with van der Waals surface area (Å²) in [5.41, 5.74) is 4.78. The number of nitrogens with one attached hydrogen (secondary N) is 3. The van der Waals surface area contributed by atoms with E-state index in [9.17, 15) is 4.79 Å². The first kappa shape index (κ1) is 25.4. The van der Waals surface area contributed by atoms with Gasteiger partial charge in [0.1, 0.15) is 6.26 Å². The summed E-state index contributed by atoms with van der Waals surface area (Å²) in [4.78, 5) is 20.6. The molecule has 0 aliphatic carbocycles. The second-order valence-electron chi connectivity index (χ2n) is 7.29. The lowest BCUT2D eigenvalue weighted by Crippen LogP contribution is -2.36. The van der Waals surface area contributed by atoms with E-state index in [1.807, 2.05) is 62.4 Å². The number of halogens is 1. The fourth-order valence-electron chi connectivity index (χ4n) is 3.01. The van der Waals surface area contributed by atoms with Gasteiger partial charge in [-0.15, -0.1) is 24.0 Å². The first-order valence-electron chi connectivity index (χ1n) is 10.4. The van der Waals surface area contributed by atoms with Crippen molar-refractivity contribution in [3.63, 3.8) is 0 Å². The second kappa shape index (κ2) is 12.8. The molecule has 3 N–H and O–H groups in total. The molecule has 0 unspecified atom stereocenters. The molecular weight excluding hydrogens is 517 g/mol. The van der Waals surface area contributed by atoms with Crippen LogP contribution in [0.4, 0.5) is 5.69 Å². The van der Waals surface area contributed by atoms with Crippen LogP contribution in [-0.2, 0) is 17.9 Å². The Labute approximate surface area is 206 Å². The van der Waals surface area contributed by atoms with Crippen LogP contribution in [0.25, 0.3) is 11.5 Å². The van der Waals surface area contributed by atoms with Crippen LogP contribution in [0.3, 0.4) is 0 Å². The average Bonchev–Trinajstić information content (AvgIpc) is 3.24. The number of carbonyl (C=O) groups excluding carboxylic acids is 1. The molecule has 7 nitrogen and oxygen atoms in total. The molecule has 0 atom stereocenters. The van der Waals surface area contributed by atoms with Gasteiger partial charge < -0.3 is 20.4 Å². The van der Waals surface area contributed by atoms with E-state index < -0.39 is 0 Å². The Balaban J connectivity index is 0.00000363. The van der Waals surface area contributed by atoms with E-state index in [0.717, 1.165) is 28.9 Å². The fourth-order valence-corrected chi connectivity index (χ4v) is 3.01. The molecule has 3 rings (SSSR count). The molecule has 2 aromatic carbocycles. The van der Waals surface area contributed by atoms with Gasteiger partial charge in [0.05, 0.1) is 12.2 Å². The second-order valence-corrected chi connectivity index (χ2v) is 7.29. The SMILES string of the molecule is CCCC(=O)Nc1cccc(CNC(=NC)NCc2coc(-c3ccc(C)cc3)n2)c1.I. The summed E-state index contributed by atoms with van der Waals surface area (Å²) in [7, 11) is 1.72. The Morgan fingerprint density at radius 3 is 2.56 bits per heavy atom. The van der Waals surface area contributed by atoms with E-state index in [1.54, 1.807) is 13.3 Å². The molecule has 3 aromatic rings. The van der Waals surface area contributed by atoms with Gasteiger partial charge in [-0.25, -0.2) is 4.98 Å². The highest BCUT2D eigenvalue weighted by molar-refractivity contribution is 14.0. The number of amides is 1. The summed E-state index contributed by atoms with van der Waals surface area (Å²) in [5, 5.41) is 9.43. The maximum atomic E-state index is 11.8. The van der Waals surface area contributed by atoms with Crippen molar-refractivity contribution < 1.29 is 9.21 Å². The van der Waals surface area contributed by atoms with Gasteiger partial charge in [-0.05, 0) is 43.2 Å². The molecule has 0 saturated heterocycles. The Morgan fingerprint density at radius 1 is 1.09 bits per heavy atom. The number of hydrogen-bond acceptors (Lipinski definition) is 4. The molecule has 32 heavy (non-hydrogen) atoms. The van der Waals surface area contributed by atoms with Crippen molar-refractivity contribution >= 4 is 41.5 Å². The third-order valence-corrected chi connectivity index (χ3v) is 4.66. The van der Waals surface area contributed by atoms with Crippen molar-refractivity contribution in [1.82, 2.24) is 15.6 Å². The molecule has 1 heterocycles. The maximum Gasteiger partial charge on any atom is 0.226 e. The van der Waals surface area contributed by atoms with Crippen LogP contribution in [0.2, 0.25) is 0 Å². The number of oxazole rings is 1. The lowest BCUT2D eigenvalue weighted by molar-refractivity contribution is -0.116. The number of rotatable bonds is 8. The van der Waals surface area contributed by atoms with Crippen molar-refractivity contribution in [3.05, 3.63) is 71.6 Å². The Hall–Kier alpha value is -2.88. The summed E-state index contributed by atoms with van der Waals surface area (Å²) >= 11 is 0. The summed E-state index contributed by atoms with van der Waals surface area (Å²) in [5.74, 6) is 1.28. The number of nitrogens with zero attached hydrogens (tertiary/aromatic N) is 2. The van der Waals surface area contributed by atoms with E-state index in [2.05, 4.69) is 25.9 Å². The van der Waals surface area contributed by atoms with Gasteiger partial charge in [0.25, 0.3) is 0 Å². The van der Waals surface area contributed by atoms with Crippen LogP contribution in [-0.4, -0.2) is 23.9 Å². The monoisotopic (exact) mass is 547 g/mol. The van der Waals surface area contributed by atoms with Gasteiger partial charge in [0, 0.05) is 31.3 Å². The topological polar surface area (TPSA) is 91.5 Å². The van der Waals surface area contributed by atoms with Gasteiger partial charge in [0.2, 0.25) is 11.8 Å². The van der Waals surface area contributed by atoms with E-state index >= 15 is 0 Å². The maximum absolute atomic E-state index is 11.8. The quantitative estimate of drug-likeness (QED) is 0.213. The Kier molecular flexibility index (Phi) is 10.2. The van der Waals surface area contributed by atoms with Gasteiger partial charge in [-0.1, -0.05) is 36.8 Å². The zero-order valence-corrected chi connectivity index (χ0v) is 21.0. The molecular formula is C24H30IN5O2. The van der Waals surface area contributed by atoms with E-state index in [0.29, 0.717) is 31.4 Å². The number of aryl methyl sites for hydroxylation is 1. The third kappa shape index (κ3) is 7.67. The van der Waals surface area contributed by atoms with Crippen molar-refractivity contribution in [2.24, 2.45) is 4.99 Å². The molecule has 0 bridgehead atoms. The molecule has 1 aromatic heterocycles. The number of guanidine groups is 1. The van der Waals surface area contributed by atoms with Crippen LogP contribution in [0.15, 0.2) is 64.2 Å². The normalized spacial score (nSPS) is 10.9. The Bertz CT molecular complexity index is 1030. The van der Waals surface area contributed by atoms with E-state index in [1.165, 1.54) is 5.56 Å². The molecule has 0 aliphatic rings. The highest BCUT2D eigenvalue weighted by atomic mass is 127. The standard InChI is InChI=1S/C24H29N5O2.HI/c1-4-6-22(30)28-20-8-5-7-18(13-20)14-26-24(25-3)27-15-21-16-31-23(29-21)19-11-9-17(2)10-12-19;/h5,7-13,16H,4,6,14-15H2,1-3H3,(H,28,30)(H2,25,26,27);1H. The predicted octanol–water partition coefficient (Wildman–Crippen LogP) is 4.87. The lowest BCUT2D eigenvalue weighted by atomic mass is 10.1. The van der Waals surface area contributed by atoms with Crippen LogP contribution < -0.4 is 16.0 Å². The summed E-state index contributed by atoms with van der Waals surface area (Å²) in [6.45, 7) is 5.10. The first-order chi connectivity index (χ1) is 15.1. The van der Waals surface area contributed by atoms with Crippen molar-refractivity contribution in [2.75, 3.05) is 12.4 Å². The van der Waals surface area contributed by atoms with Crippen molar-refractivity contribution in [1.29, 1.82) is 0 Å². The number of anilines is 1. The van der Waals surface area contributed by atoms with Gasteiger partial charge in [-0.2, -0.15) is 0 Å². The summed E-state index contributed by atoms with van der Waals surface area (Å²) in [6.07, 6.45) is 3.00. The molecule has 1 amide bonds. The van der Waals surface area contributed by atoms with Crippen molar-refractivity contribution in [2.45, 2.75) is 39.8 Å². The number of aliphatic imine (C=N–C) groups is 1. The molecule has 0 aliphatic heterocycles. The minimum atomic E-state index is 0. The first-order valence-corrected chi connectivity index (χ1v) is 10.4. The highest BCUT2D eigenvalue weighted by Gasteiger charge is 2.08. The predicted molar refractivity (Wildman–Crippen MR) is 139 cm³/mol. The molecule has 170 valence electrons. The van der Waals surface area contributed by atoms with Gasteiger partial charge >= 0.3 is 0 Å². The number of benzene rings is 2. The largest absolute Gasteiger partial charge is 0.444 e. The van der Waals surface area contributed by atoms with Crippen LogP contribution in [0.1, 0.15) is 36.6 Å². The number of aromatic nitrogens is 1. The van der Waals surface area contributed by atoms with Crippen LogP contribution in [0, 0.1) is 6.92 Å². The Morgan fingerprint density at radius 2 is 1.84 bits per heavy atom. The number of hydrogen-bond donors (Lipinski definition) is 3. The zero-order chi connectivity index (χ0) is 22.1. The minimum absolute atomic E-state index is 0. The van der Waals surface area contributed by atoms with E-state index in [-0.39, 0.29) is 29.9 Å². The number of carbonyl (C=O) groups is 1. The lowest BCUT2D eigenvalue weighted by Gasteiger charge is -2.12. The molecule has 0 fully saturated rings. The van der Waals surface area contributed by atoms with Crippen LogP contribution >= 0.6 is 24.0 Å².